The lowest BCUT2D eigenvalue weighted by Crippen LogP contribution is -2.30. The average molecular weight is 821 g/mol. The predicted molar refractivity (Wildman–Crippen MR) is 247 cm³/mol. The summed E-state index contributed by atoms with van der Waals surface area (Å²) in [5, 5.41) is 0. The average Bonchev–Trinajstić information content (AvgIpc) is 3.22. The lowest BCUT2D eigenvalue weighted by Gasteiger charge is -2.18. The molecule has 0 bridgehead atoms. The third-order valence-corrected chi connectivity index (χ3v) is 11.9. The first-order valence-corrected chi connectivity index (χ1v) is 26.0. The molecule has 0 aliphatic carbocycles. The Morgan fingerprint density at radius 2 is 0.466 bits per heavy atom. The third kappa shape index (κ3) is 45.5. The topological polar surface area (TPSA) is 78.9 Å². The van der Waals surface area contributed by atoms with Crippen LogP contribution < -0.4 is 0 Å². The molecular formula is C52H100O6. The highest BCUT2D eigenvalue weighted by atomic mass is 16.6. The molecule has 344 valence electrons. The van der Waals surface area contributed by atoms with Crippen molar-refractivity contribution >= 4 is 17.9 Å². The van der Waals surface area contributed by atoms with Crippen molar-refractivity contribution in [3.8, 4) is 0 Å². The van der Waals surface area contributed by atoms with E-state index in [-0.39, 0.29) is 31.1 Å². The Balaban J connectivity index is 4.09. The summed E-state index contributed by atoms with van der Waals surface area (Å²) in [4.78, 5) is 37.6. The van der Waals surface area contributed by atoms with Gasteiger partial charge in [-0.05, 0) is 19.3 Å². The molecule has 0 radical (unpaired) electrons. The van der Waals surface area contributed by atoms with E-state index in [4.69, 9.17) is 14.2 Å². The van der Waals surface area contributed by atoms with E-state index in [1.54, 1.807) is 0 Å². The molecule has 0 spiro atoms. The summed E-state index contributed by atoms with van der Waals surface area (Å²) in [5.41, 5.74) is 0. The normalized spacial score (nSPS) is 11.8. The molecule has 58 heavy (non-hydrogen) atoms. The van der Waals surface area contributed by atoms with E-state index in [0.717, 1.165) is 64.2 Å². The smallest absolute Gasteiger partial charge is 0.306 e. The Kier molecular flexibility index (Phi) is 46.8. The van der Waals surface area contributed by atoms with Gasteiger partial charge in [0.15, 0.2) is 6.10 Å². The zero-order valence-corrected chi connectivity index (χ0v) is 39.3. The van der Waals surface area contributed by atoms with Gasteiger partial charge in [-0.3, -0.25) is 14.4 Å². The van der Waals surface area contributed by atoms with Crippen molar-refractivity contribution in [1.29, 1.82) is 0 Å². The SMILES string of the molecule is CCCCCCCCCCCCCCCCCCCCC(=O)OC[C@H](COC(=O)CCCCCCC)OC(=O)CCCCCCCCCCCCCCCCCCC. The molecule has 0 amide bonds. The van der Waals surface area contributed by atoms with Crippen molar-refractivity contribution in [2.45, 2.75) is 303 Å². The molecule has 1 atom stereocenters. The molecule has 0 N–H and O–H groups in total. The van der Waals surface area contributed by atoms with Crippen molar-refractivity contribution in [1.82, 2.24) is 0 Å². The largest absolute Gasteiger partial charge is 0.462 e. The number of carbonyl (C=O) groups excluding carboxylic acids is 3. The van der Waals surface area contributed by atoms with Gasteiger partial charge in [0.25, 0.3) is 0 Å². The second-order valence-corrected chi connectivity index (χ2v) is 17.8. The number of ether oxygens (including phenoxy) is 3. The molecule has 0 fully saturated rings. The van der Waals surface area contributed by atoms with Gasteiger partial charge in [-0.1, -0.05) is 258 Å². The molecule has 6 nitrogen and oxygen atoms in total. The number of hydrogen-bond acceptors (Lipinski definition) is 6. The Bertz CT molecular complexity index is 859. The lowest BCUT2D eigenvalue weighted by atomic mass is 10.0. The first-order chi connectivity index (χ1) is 28.5. The van der Waals surface area contributed by atoms with Crippen molar-refractivity contribution in [3.05, 3.63) is 0 Å². The molecule has 0 heterocycles. The van der Waals surface area contributed by atoms with Crippen LogP contribution in [0.1, 0.15) is 297 Å². The van der Waals surface area contributed by atoms with Gasteiger partial charge in [-0.2, -0.15) is 0 Å². The molecular weight excluding hydrogens is 721 g/mol. The Hall–Kier alpha value is -1.59. The monoisotopic (exact) mass is 821 g/mol. The minimum atomic E-state index is -0.758. The van der Waals surface area contributed by atoms with Crippen LogP contribution in [0.5, 0.6) is 0 Å². The highest BCUT2D eigenvalue weighted by Crippen LogP contribution is 2.17. The molecule has 0 saturated heterocycles. The van der Waals surface area contributed by atoms with Crippen LogP contribution in [0.2, 0.25) is 0 Å². The lowest BCUT2D eigenvalue weighted by molar-refractivity contribution is -0.167. The first-order valence-electron chi connectivity index (χ1n) is 26.0. The van der Waals surface area contributed by atoms with Gasteiger partial charge < -0.3 is 14.2 Å². The summed E-state index contributed by atoms with van der Waals surface area (Å²) in [6.45, 7) is 6.61. The van der Waals surface area contributed by atoms with Gasteiger partial charge in [-0.25, -0.2) is 0 Å². The zero-order valence-electron chi connectivity index (χ0n) is 39.3. The molecule has 0 aromatic heterocycles. The summed E-state index contributed by atoms with van der Waals surface area (Å²) in [6, 6.07) is 0. The number of hydrogen-bond donors (Lipinski definition) is 0. The quantitative estimate of drug-likeness (QED) is 0.0346. The van der Waals surface area contributed by atoms with Crippen molar-refractivity contribution in [3.63, 3.8) is 0 Å². The van der Waals surface area contributed by atoms with Crippen molar-refractivity contribution in [2.24, 2.45) is 0 Å². The highest BCUT2D eigenvalue weighted by molar-refractivity contribution is 5.71. The summed E-state index contributed by atoms with van der Waals surface area (Å²) in [6.07, 6.45) is 51.3. The maximum Gasteiger partial charge on any atom is 0.306 e. The fourth-order valence-corrected chi connectivity index (χ4v) is 7.92. The summed E-state index contributed by atoms with van der Waals surface area (Å²) in [5.74, 6) is -0.857. The number of carbonyl (C=O) groups is 3. The van der Waals surface area contributed by atoms with Crippen LogP contribution in [-0.4, -0.2) is 37.2 Å². The van der Waals surface area contributed by atoms with Gasteiger partial charge in [-0.15, -0.1) is 0 Å². The molecule has 6 heteroatoms. The van der Waals surface area contributed by atoms with Crippen LogP contribution in [0.15, 0.2) is 0 Å². The predicted octanol–water partition coefficient (Wildman–Crippen LogP) is 16.8. The van der Waals surface area contributed by atoms with E-state index in [2.05, 4.69) is 20.8 Å². The van der Waals surface area contributed by atoms with Crippen LogP contribution in [0.4, 0.5) is 0 Å². The van der Waals surface area contributed by atoms with E-state index in [0.29, 0.717) is 19.3 Å². The van der Waals surface area contributed by atoms with Crippen LogP contribution in [0.25, 0.3) is 0 Å². The Labute approximate surface area is 361 Å². The number of rotatable bonds is 48. The summed E-state index contributed by atoms with van der Waals surface area (Å²) < 4.78 is 16.7. The van der Waals surface area contributed by atoms with Crippen LogP contribution in [0, 0.1) is 0 Å². The van der Waals surface area contributed by atoms with Gasteiger partial charge in [0, 0.05) is 19.3 Å². The van der Waals surface area contributed by atoms with E-state index in [1.807, 2.05) is 0 Å². The van der Waals surface area contributed by atoms with E-state index < -0.39 is 6.10 Å². The van der Waals surface area contributed by atoms with Gasteiger partial charge in [0.2, 0.25) is 0 Å². The second-order valence-electron chi connectivity index (χ2n) is 17.8. The van der Waals surface area contributed by atoms with Gasteiger partial charge in [0.1, 0.15) is 13.2 Å². The molecule has 0 aliphatic rings. The number of esters is 3. The van der Waals surface area contributed by atoms with Crippen molar-refractivity contribution < 1.29 is 28.6 Å². The van der Waals surface area contributed by atoms with Gasteiger partial charge >= 0.3 is 17.9 Å². The first kappa shape index (κ1) is 56.4. The zero-order chi connectivity index (χ0) is 42.3. The van der Waals surface area contributed by atoms with Crippen molar-refractivity contribution in [2.75, 3.05) is 13.2 Å². The summed E-state index contributed by atoms with van der Waals surface area (Å²) in [7, 11) is 0. The van der Waals surface area contributed by atoms with Crippen LogP contribution in [0.3, 0.4) is 0 Å². The fourth-order valence-electron chi connectivity index (χ4n) is 7.92. The molecule has 0 unspecified atom stereocenters. The second kappa shape index (κ2) is 48.1. The number of unbranched alkanes of at least 4 members (excludes halogenated alkanes) is 37. The molecule has 0 aromatic rings. The van der Waals surface area contributed by atoms with E-state index >= 15 is 0 Å². The van der Waals surface area contributed by atoms with Gasteiger partial charge in [0.05, 0.1) is 0 Å². The minimum Gasteiger partial charge on any atom is -0.462 e. The molecule has 0 rings (SSSR count). The molecule has 0 saturated carbocycles. The van der Waals surface area contributed by atoms with E-state index in [1.165, 1.54) is 193 Å². The summed E-state index contributed by atoms with van der Waals surface area (Å²) >= 11 is 0. The maximum absolute atomic E-state index is 12.7. The minimum absolute atomic E-state index is 0.0630. The highest BCUT2D eigenvalue weighted by Gasteiger charge is 2.19. The standard InChI is InChI=1S/C52H100O6/c1-4-7-10-13-15-17-19-21-23-25-27-28-30-32-34-36-39-42-45-51(54)57-48-49(47-56-50(53)44-41-38-12-9-6-3)58-52(55)46-43-40-37-35-33-31-29-26-24-22-20-18-16-14-11-8-5-2/h49H,4-48H2,1-3H3/t49-/m0/s1. The Morgan fingerprint density at radius 3 is 0.690 bits per heavy atom. The fraction of sp³-hybridized carbons (Fsp3) is 0.942. The van der Waals surface area contributed by atoms with E-state index in [9.17, 15) is 14.4 Å². The molecule has 0 aromatic carbocycles. The Morgan fingerprint density at radius 1 is 0.276 bits per heavy atom. The van der Waals surface area contributed by atoms with Crippen LogP contribution >= 0.6 is 0 Å². The maximum atomic E-state index is 12.7. The van der Waals surface area contributed by atoms with Crippen LogP contribution in [-0.2, 0) is 28.6 Å². The third-order valence-electron chi connectivity index (χ3n) is 11.9. The molecule has 0 aliphatic heterocycles.